The van der Waals surface area contributed by atoms with E-state index in [-0.39, 0.29) is 0 Å². The summed E-state index contributed by atoms with van der Waals surface area (Å²) in [5.74, 6) is -0.411. The Morgan fingerprint density at radius 3 is 2.77 bits per heavy atom. The second kappa shape index (κ2) is 3.66. The zero-order valence-corrected chi connectivity index (χ0v) is 7.50. The molecule has 0 saturated heterocycles. The van der Waals surface area contributed by atoms with Crippen molar-refractivity contribution in [3.63, 3.8) is 0 Å². The molecule has 0 aromatic carbocycles. The molecule has 1 aromatic rings. The van der Waals surface area contributed by atoms with E-state index in [0.717, 1.165) is 6.20 Å². The molecule has 0 spiro atoms. The van der Waals surface area contributed by atoms with Crippen LogP contribution in [0.1, 0.15) is 19.0 Å². The lowest BCUT2D eigenvalue weighted by Gasteiger charge is -2.21. The lowest BCUT2D eigenvalue weighted by Crippen LogP contribution is -2.22. The van der Waals surface area contributed by atoms with E-state index < -0.39 is 11.4 Å². The second-order valence-electron chi connectivity index (χ2n) is 2.84. The predicted octanol–water partition coefficient (Wildman–Crippen LogP) is 2.00. The SMILES string of the molecule is C=CC(O)(CC)c1ccc(F)cn1. The van der Waals surface area contributed by atoms with Gasteiger partial charge in [-0.05, 0) is 18.6 Å². The minimum absolute atomic E-state index is 0.411. The molecule has 1 rings (SSSR count). The highest BCUT2D eigenvalue weighted by molar-refractivity contribution is 5.18. The highest BCUT2D eigenvalue weighted by Crippen LogP contribution is 2.23. The molecule has 1 aromatic heterocycles. The number of hydrogen-bond acceptors (Lipinski definition) is 2. The summed E-state index contributed by atoms with van der Waals surface area (Å²) in [4.78, 5) is 3.80. The number of aromatic nitrogens is 1. The average Bonchev–Trinajstić information content (AvgIpc) is 2.18. The monoisotopic (exact) mass is 181 g/mol. The molecule has 13 heavy (non-hydrogen) atoms. The number of hydrogen-bond donors (Lipinski definition) is 1. The molecule has 3 heteroatoms. The highest BCUT2D eigenvalue weighted by atomic mass is 19.1. The molecule has 0 amide bonds. The fourth-order valence-electron chi connectivity index (χ4n) is 1.06. The quantitative estimate of drug-likeness (QED) is 0.723. The van der Waals surface area contributed by atoms with Crippen molar-refractivity contribution in [1.29, 1.82) is 0 Å². The van der Waals surface area contributed by atoms with Gasteiger partial charge in [0, 0.05) is 0 Å². The van der Waals surface area contributed by atoms with E-state index in [2.05, 4.69) is 11.6 Å². The summed E-state index contributed by atoms with van der Waals surface area (Å²) in [6.45, 7) is 5.33. The molecule has 0 aliphatic rings. The lowest BCUT2D eigenvalue weighted by molar-refractivity contribution is 0.0808. The van der Waals surface area contributed by atoms with Crippen molar-refractivity contribution in [3.05, 3.63) is 42.5 Å². The Morgan fingerprint density at radius 2 is 2.38 bits per heavy atom. The van der Waals surface area contributed by atoms with Crippen molar-refractivity contribution >= 4 is 0 Å². The van der Waals surface area contributed by atoms with E-state index in [0.29, 0.717) is 12.1 Å². The van der Waals surface area contributed by atoms with Crippen LogP contribution in [0, 0.1) is 5.82 Å². The molecule has 1 N–H and O–H groups in total. The Morgan fingerprint density at radius 1 is 1.69 bits per heavy atom. The first-order valence-electron chi connectivity index (χ1n) is 4.10. The van der Waals surface area contributed by atoms with Crippen LogP contribution in [0.5, 0.6) is 0 Å². The van der Waals surface area contributed by atoms with Crippen LogP contribution in [0.15, 0.2) is 31.0 Å². The first-order valence-corrected chi connectivity index (χ1v) is 4.10. The number of halogens is 1. The Hall–Kier alpha value is -1.22. The van der Waals surface area contributed by atoms with E-state index >= 15 is 0 Å². The standard InChI is InChI=1S/C10H12FNO/c1-3-10(13,4-2)9-6-5-8(11)7-12-9/h3,5-7,13H,1,4H2,2H3. The zero-order chi connectivity index (χ0) is 9.90. The number of rotatable bonds is 3. The Bertz CT molecular complexity index is 296. The van der Waals surface area contributed by atoms with Gasteiger partial charge in [-0.1, -0.05) is 19.6 Å². The maximum atomic E-state index is 12.5. The predicted molar refractivity (Wildman–Crippen MR) is 48.6 cm³/mol. The van der Waals surface area contributed by atoms with E-state index in [1.807, 2.05) is 6.92 Å². The van der Waals surface area contributed by atoms with Gasteiger partial charge >= 0.3 is 0 Å². The minimum Gasteiger partial charge on any atom is -0.379 e. The van der Waals surface area contributed by atoms with Gasteiger partial charge in [0.1, 0.15) is 11.4 Å². The van der Waals surface area contributed by atoms with Crippen LogP contribution >= 0.6 is 0 Å². The van der Waals surface area contributed by atoms with Crippen LogP contribution in [0.2, 0.25) is 0 Å². The molecular formula is C10H12FNO. The molecule has 0 radical (unpaired) electrons. The van der Waals surface area contributed by atoms with Crippen molar-refractivity contribution in [1.82, 2.24) is 4.98 Å². The number of pyridine rings is 1. The molecule has 1 unspecified atom stereocenters. The van der Waals surface area contributed by atoms with Crippen LogP contribution in [-0.4, -0.2) is 10.1 Å². The van der Waals surface area contributed by atoms with Gasteiger partial charge in [-0.25, -0.2) is 4.39 Å². The van der Waals surface area contributed by atoms with Crippen LogP contribution in [0.25, 0.3) is 0 Å². The summed E-state index contributed by atoms with van der Waals surface area (Å²) in [7, 11) is 0. The molecule has 0 fully saturated rings. The van der Waals surface area contributed by atoms with E-state index in [4.69, 9.17) is 0 Å². The maximum absolute atomic E-state index is 12.5. The Labute approximate surface area is 76.7 Å². The Kier molecular flexibility index (Phi) is 2.78. The van der Waals surface area contributed by atoms with Gasteiger partial charge in [-0.3, -0.25) is 4.98 Å². The molecule has 2 nitrogen and oxygen atoms in total. The van der Waals surface area contributed by atoms with Crippen molar-refractivity contribution < 1.29 is 9.50 Å². The molecular weight excluding hydrogens is 169 g/mol. The van der Waals surface area contributed by atoms with Crippen molar-refractivity contribution in [2.45, 2.75) is 18.9 Å². The van der Waals surface area contributed by atoms with Crippen LogP contribution in [-0.2, 0) is 5.60 Å². The summed E-state index contributed by atoms with van der Waals surface area (Å²) in [5, 5.41) is 9.89. The molecule has 1 heterocycles. The number of aliphatic hydroxyl groups is 1. The third-order valence-corrected chi connectivity index (χ3v) is 2.05. The second-order valence-corrected chi connectivity index (χ2v) is 2.84. The van der Waals surface area contributed by atoms with E-state index in [9.17, 15) is 9.50 Å². The molecule has 0 bridgehead atoms. The smallest absolute Gasteiger partial charge is 0.141 e. The van der Waals surface area contributed by atoms with E-state index in [1.54, 1.807) is 0 Å². The van der Waals surface area contributed by atoms with Gasteiger partial charge in [0.2, 0.25) is 0 Å². The van der Waals surface area contributed by atoms with Gasteiger partial charge < -0.3 is 5.11 Å². The van der Waals surface area contributed by atoms with Gasteiger partial charge in [-0.15, -0.1) is 0 Å². The topological polar surface area (TPSA) is 33.1 Å². The summed E-state index contributed by atoms with van der Waals surface area (Å²) < 4.78 is 12.5. The van der Waals surface area contributed by atoms with Crippen molar-refractivity contribution in [3.8, 4) is 0 Å². The molecule has 0 saturated carbocycles. The number of nitrogens with zero attached hydrogens (tertiary/aromatic N) is 1. The lowest BCUT2D eigenvalue weighted by atomic mass is 9.96. The molecule has 0 aliphatic carbocycles. The summed E-state index contributed by atoms with van der Waals surface area (Å²) in [6, 6.07) is 2.73. The minimum atomic E-state index is -1.15. The fraction of sp³-hybridized carbons (Fsp3) is 0.300. The maximum Gasteiger partial charge on any atom is 0.141 e. The normalized spacial score (nSPS) is 15.0. The highest BCUT2D eigenvalue weighted by Gasteiger charge is 2.24. The van der Waals surface area contributed by atoms with Crippen LogP contribution in [0.4, 0.5) is 4.39 Å². The van der Waals surface area contributed by atoms with Gasteiger partial charge in [0.25, 0.3) is 0 Å². The van der Waals surface area contributed by atoms with Gasteiger partial charge in [-0.2, -0.15) is 0 Å². The fourth-order valence-corrected chi connectivity index (χ4v) is 1.06. The average molecular weight is 181 g/mol. The third kappa shape index (κ3) is 1.92. The summed E-state index contributed by atoms with van der Waals surface area (Å²) in [6.07, 6.45) is 2.96. The third-order valence-electron chi connectivity index (χ3n) is 2.05. The largest absolute Gasteiger partial charge is 0.379 e. The van der Waals surface area contributed by atoms with E-state index in [1.165, 1.54) is 18.2 Å². The first-order chi connectivity index (χ1) is 6.12. The van der Waals surface area contributed by atoms with Gasteiger partial charge in [0.05, 0.1) is 11.9 Å². The first kappa shape index (κ1) is 9.86. The van der Waals surface area contributed by atoms with Gasteiger partial charge in [0.15, 0.2) is 0 Å². The van der Waals surface area contributed by atoms with Crippen molar-refractivity contribution in [2.75, 3.05) is 0 Å². The zero-order valence-electron chi connectivity index (χ0n) is 7.50. The van der Waals surface area contributed by atoms with Crippen LogP contribution in [0.3, 0.4) is 0 Å². The van der Waals surface area contributed by atoms with Crippen molar-refractivity contribution in [2.24, 2.45) is 0 Å². The summed E-state index contributed by atoms with van der Waals surface area (Å²) >= 11 is 0. The Balaban J connectivity index is 3.06. The molecule has 0 aliphatic heterocycles. The van der Waals surface area contributed by atoms with Crippen LogP contribution < -0.4 is 0 Å². The molecule has 70 valence electrons. The summed E-state index contributed by atoms with van der Waals surface area (Å²) in [5.41, 5.74) is -0.723. The molecule has 1 atom stereocenters.